The van der Waals surface area contributed by atoms with Gasteiger partial charge in [-0.05, 0) is 24.3 Å². The lowest BCUT2D eigenvalue weighted by Gasteiger charge is -2.22. The summed E-state index contributed by atoms with van der Waals surface area (Å²) < 4.78 is 1.69. The molecule has 0 spiro atoms. The first-order valence-corrected chi connectivity index (χ1v) is 6.12. The van der Waals surface area contributed by atoms with Crippen LogP contribution in [-0.4, -0.2) is 27.4 Å². The highest BCUT2D eigenvalue weighted by Crippen LogP contribution is 2.19. The molecule has 0 radical (unpaired) electrons. The maximum atomic E-state index is 11.0. The topological polar surface area (TPSA) is 58.4 Å². The SMILES string of the molecule is Cn1cc(CN(CC(=O)O)c2ccc(Cl)cc2)cn1. The van der Waals surface area contributed by atoms with E-state index in [-0.39, 0.29) is 6.54 Å². The van der Waals surface area contributed by atoms with E-state index in [4.69, 9.17) is 16.7 Å². The number of benzene rings is 1. The molecular formula is C13H14ClN3O2. The summed E-state index contributed by atoms with van der Waals surface area (Å²) in [6.07, 6.45) is 3.59. The van der Waals surface area contributed by atoms with Gasteiger partial charge < -0.3 is 10.0 Å². The van der Waals surface area contributed by atoms with Gasteiger partial charge in [-0.25, -0.2) is 0 Å². The van der Waals surface area contributed by atoms with Crippen molar-refractivity contribution in [2.45, 2.75) is 6.54 Å². The molecule has 1 heterocycles. The molecule has 0 unspecified atom stereocenters. The van der Waals surface area contributed by atoms with Crippen LogP contribution in [-0.2, 0) is 18.4 Å². The Morgan fingerprint density at radius 2 is 2.11 bits per heavy atom. The molecule has 2 aromatic rings. The fourth-order valence-corrected chi connectivity index (χ4v) is 1.95. The van der Waals surface area contributed by atoms with Gasteiger partial charge in [0.25, 0.3) is 0 Å². The second kappa shape index (κ2) is 5.75. The van der Waals surface area contributed by atoms with Crippen LogP contribution in [0.2, 0.25) is 5.02 Å². The lowest BCUT2D eigenvalue weighted by molar-refractivity contribution is -0.135. The highest BCUT2D eigenvalue weighted by molar-refractivity contribution is 6.30. The number of aliphatic carboxylic acids is 1. The number of hydrogen-bond acceptors (Lipinski definition) is 3. The second-order valence-corrected chi connectivity index (χ2v) is 4.68. The molecule has 0 aliphatic heterocycles. The van der Waals surface area contributed by atoms with Crippen molar-refractivity contribution >= 4 is 23.3 Å². The monoisotopic (exact) mass is 279 g/mol. The summed E-state index contributed by atoms with van der Waals surface area (Å²) in [4.78, 5) is 12.7. The van der Waals surface area contributed by atoms with Gasteiger partial charge in [-0.3, -0.25) is 9.48 Å². The van der Waals surface area contributed by atoms with Crippen LogP contribution in [0.3, 0.4) is 0 Å². The van der Waals surface area contributed by atoms with E-state index in [2.05, 4.69) is 5.10 Å². The normalized spacial score (nSPS) is 10.4. The van der Waals surface area contributed by atoms with E-state index in [1.165, 1.54) is 0 Å². The number of aryl methyl sites for hydroxylation is 1. The van der Waals surface area contributed by atoms with E-state index in [1.807, 2.05) is 25.4 Å². The molecular weight excluding hydrogens is 266 g/mol. The lowest BCUT2D eigenvalue weighted by Crippen LogP contribution is -2.28. The van der Waals surface area contributed by atoms with Crippen molar-refractivity contribution in [2.24, 2.45) is 7.05 Å². The van der Waals surface area contributed by atoms with Gasteiger partial charge in [-0.2, -0.15) is 5.10 Å². The van der Waals surface area contributed by atoms with Crippen LogP contribution in [0.25, 0.3) is 0 Å². The van der Waals surface area contributed by atoms with Gasteiger partial charge in [0, 0.05) is 36.1 Å². The molecule has 100 valence electrons. The third-order valence-corrected chi connectivity index (χ3v) is 2.90. The molecule has 0 saturated heterocycles. The zero-order chi connectivity index (χ0) is 13.8. The van der Waals surface area contributed by atoms with Crippen molar-refractivity contribution in [2.75, 3.05) is 11.4 Å². The Balaban J connectivity index is 2.20. The molecule has 6 heteroatoms. The summed E-state index contributed by atoms with van der Waals surface area (Å²) in [6.45, 7) is 0.415. The summed E-state index contributed by atoms with van der Waals surface area (Å²) in [5.74, 6) is -0.876. The number of nitrogens with zero attached hydrogens (tertiary/aromatic N) is 3. The van der Waals surface area contributed by atoms with Crippen LogP contribution < -0.4 is 4.90 Å². The molecule has 0 saturated carbocycles. The molecule has 0 amide bonds. The second-order valence-electron chi connectivity index (χ2n) is 4.25. The Labute approximate surface area is 116 Å². The van der Waals surface area contributed by atoms with Crippen LogP contribution >= 0.6 is 11.6 Å². The zero-order valence-electron chi connectivity index (χ0n) is 10.5. The van der Waals surface area contributed by atoms with Crippen LogP contribution in [0.1, 0.15) is 5.56 Å². The Hall–Kier alpha value is -2.01. The Kier molecular flexibility index (Phi) is 4.06. The van der Waals surface area contributed by atoms with Crippen molar-refractivity contribution in [1.29, 1.82) is 0 Å². The average Bonchev–Trinajstić information content (AvgIpc) is 2.74. The summed E-state index contributed by atoms with van der Waals surface area (Å²) >= 11 is 5.84. The molecule has 0 aliphatic carbocycles. The smallest absolute Gasteiger partial charge is 0.323 e. The van der Waals surface area contributed by atoms with E-state index in [9.17, 15) is 4.79 Å². The van der Waals surface area contributed by atoms with Gasteiger partial charge in [-0.1, -0.05) is 11.6 Å². The molecule has 1 aromatic heterocycles. The van der Waals surface area contributed by atoms with Crippen molar-refractivity contribution in [3.8, 4) is 0 Å². The van der Waals surface area contributed by atoms with E-state index in [0.29, 0.717) is 11.6 Å². The standard InChI is InChI=1S/C13H14ClN3O2/c1-16-7-10(6-15-16)8-17(9-13(18)19)12-4-2-11(14)3-5-12/h2-7H,8-9H2,1H3,(H,18,19). The van der Waals surface area contributed by atoms with Crippen LogP contribution in [0.15, 0.2) is 36.7 Å². The Bertz CT molecular complexity index is 566. The van der Waals surface area contributed by atoms with E-state index in [0.717, 1.165) is 11.3 Å². The molecule has 0 aliphatic rings. The summed E-state index contributed by atoms with van der Waals surface area (Å²) in [6, 6.07) is 7.10. The van der Waals surface area contributed by atoms with Gasteiger partial charge in [0.1, 0.15) is 6.54 Å². The van der Waals surface area contributed by atoms with E-state index < -0.39 is 5.97 Å². The summed E-state index contributed by atoms with van der Waals surface area (Å²) in [7, 11) is 1.83. The number of carboxylic acids is 1. The van der Waals surface area contributed by atoms with Gasteiger partial charge in [0.05, 0.1) is 6.20 Å². The number of anilines is 1. The Morgan fingerprint density at radius 3 is 2.63 bits per heavy atom. The number of carboxylic acid groups (broad SMARTS) is 1. The minimum atomic E-state index is -0.876. The lowest BCUT2D eigenvalue weighted by atomic mass is 10.2. The van der Waals surface area contributed by atoms with Crippen LogP contribution in [0.5, 0.6) is 0 Å². The molecule has 5 nitrogen and oxygen atoms in total. The van der Waals surface area contributed by atoms with Gasteiger partial charge in [0.15, 0.2) is 0 Å². The average molecular weight is 280 g/mol. The van der Waals surface area contributed by atoms with Gasteiger partial charge in [0.2, 0.25) is 0 Å². The number of rotatable bonds is 5. The van der Waals surface area contributed by atoms with Gasteiger partial charge in [-0.15, -0.1) is 0 Å². The molecule has 0 fully saturated rings. The maximum absolute atomic E-state index is 11.0. The highest BCUT2D eigenvalue weighted by atomic mass is 35.5. The number of halogens is 1. The predicted octanol–water partition coefficient (Wildman–Crippen LogP) is 2.16. The molecule has 0 bridgehead atoms. The quantitative estimate of drug-likeness (QED) is 0.911. The zero-order valence-corrected chi connectivity index (χ0v) is 11.2. The first-order valence-electron chi connectivity index (χ1n) is 5.74. The van der Waals surface area contributed by atoms with Gasteiger partial charge >= 0.3 is 5.97 Å². The largest absolute Gasteiger partial charge is 0.480 e. The first kappa shape index (κ1) is 13.4. The first-order chi connectivity index (χ1) is 9.04. The maximum Gasteiger partial charge on any atom is 0.323 e. The minimum absolute atomic E-state index is 0.0729. The van der Waals surface area contributed by atoms with Crippen molar-refractivity contribution in [1.82, 2.24) is 9.78 Å². The molecule has 19 heavy (non-hydrogen) atoms. The third kappa shape index (κ3) is 3.72. The molecule has 2 rings (SSSR count). The Morgan fingerprint density at radius 1 is 1.42 bits per heavy atom. The van der Waals surface area contributed by atoms with Crippen molar-refractivity contribution < 1.29 is 9.90 Å². The fraction of sp³-hybridized carbons (Fsp3) is 0.231. The van der Waals surface area contributed by atoms with Crippen LogP contribution in [0.4, 0.5) is 5.69 Å². The van der Waals surface area contributed by atoms with E-state index in [1.54, 1.807) is 27.9 Å². The summed E-state index contributed by atoms with van der Waals surface area (Å²) in [5.41, 5.74) is 1.77. The van der Waals surface area contributed by atoms with E-state index >= 15 is 0 Å². The van der Waals surface area contributed by atoms with Crippen molar-refractivity contribution in [3.05, 3.63) is 47.2 Å². The predicted molar refractivity (Wildman–Crippen MR) is 73.3 cm³/mol. The summed E-state index contributed by atoms with van der Waals surface area (Å²) in [5, 5.41) is 13.7. The fourth-order valence-electron chi connectivity index (χ4n) is 1.83. The van der Waals surface area contributed by atoms with Crippen LogP contribution in [0, 0.1) is 0 Å². The molecule has 0 atom stereocenters. The number of hydrogen-bond donors (Lipinski definition) is 1. The highest BCUT2D eigenvalue weighted by Gasteiger charge is 2.12. The minimum Gasteiger partial charge on any atom is -0.480 e. The number of aromatic nitrogens is 2. The third-order valence-electron chi connectivity index (χ3n) is 2.65. The number of carbonyl (C=O) groups is 1. The molecule has 1 N–H and O–H groups in total. The van der Waals surface area contributed by atoms with Crippen molar-refractivity contribution in [3.63, 3.8) is 0 Å². The molecule has 1 aromatic carbocycles.